The first-order chi connectivity index (χ1) is 23.2. The maximum absolute atomic E-state index is 14.4. The van der Waals surface area contributed by atoms with Crippen LogP contribution in [-0.2, 0) is 19.1 Å². The molecule has 1 aromatic heterocycles. The number of amides is 2. The van der Waals surface area contributed by atoms with Gasteiger partial charge in [-0.25, -0.2) is 9.37 Å². The second-order valence-electron chi connectivity index (χ2n) is 14.0. The van der Waals surface area contributed by atoms with E-state index in [2.05, 4.69) is 51.4 Å². The lowest BCUT2D eigenvalue weighted by molar-refractivity contribution is -0.127. The number of hydrogen-bond acceptors (Lipinski definition) is 7. The average molecular weight is 663 g/mol. The van der Waals surface area contributed by atoms with Crippen LogP contribution in [0, 0.1) is 45.3 Å². The molecule has 260 valence electrons. The molecule has 48 heavy (non-hydrogen) atoms. The van der Waals surface area contributed by atoms with Crippen molar-refractivity contribution in [3.8, 4) is 5.69 Å². The lowest BCUT2D eigenvalue weighted by atomic mass is 9.95. The van der Waals surface area contributed by atoms with E-state index in [0.717, 1.165) is 101 Å². The van der Waals surface area contributed by atoms with Gasteiger partial charge in [-0.2, -0.15) is 0 Å². The van der Waals surface area contributed by atoms with Crippen molar-refractivity contribution in [2.75, 3.05) is 57.5 Å². The number of aryl methyl sites for hydroxylation is 4. The van der Waals surface area contributed by atoms with E-state index in [9.17, 15) is 14.0 Å². The van der Waals surface area contributed by atoms with Crippen LogP contribution in [0.5, 0.6) is 0 Å². The Morgan fingerprint density at radius 2 is 1.31 bits per heavy atom. The van der Waals surface area contributed by atoms with Crippen molar-refractivity contribution < 1.29 is 23.5 Å². The molecule has 4 saturated heterocycles. The molecule has 0 saturated carbocycles. The molecule has 0 bridgehead atoms. The van der Waals surface area contributed by atoms with Gasteiger partial charge in [-0.15, -0.1) is 0 Å². The minimum atomic E-state index is -0.166. The van der Waals surface area contributed by atoms with Crippen molar-refractivity contribution in [2.45, 2.75) is 78.3 Å². The van der Waals surface area contributed by atoms with Gasteiger partial charge in [-0.1, -0.05) is 0 Å². The van der Waals surface area contributed by atoms with Crippen molar-refractivity contribution in [2.24, 2.45) is 11.8 Å². The normalized spacial score (nSPS) is 22.1. The molecule has 11 heteroatoms. The van der Waals surface area contributed by atoms with Crippen LogP contribution in [0.1, 0.15) is 60.8 Å². The van der Waals surface area contributed by atoms with Gasteiger partial charge in [0.2, 0.25) is 17.8 Å². The van der Waals surface area contributed by atoms with Crippen LogP contribution in [0.3, 0.4) is 0 Å². The minimum Gasteiger partial charge on any atom is -0.379 e. The summed E-state index contributed by atoms with van der Waals surface area (Å²) in [6.07, 6.45) is 5.36. The molecule has 2 atom stereocenters. The lowest BCUT2D eigenvalue weighted by Crippen LogP contribution is -2.44. The smallest absolute Gasteiger partial charge is 0.223 e. The molecule has 4 fully saturated rings. The topological polar surface area (TPSA) is 110 Å². The molecule has 2 amide bonds. The molecule has 3 aromatic rings. The number of imidazole rings is 1. The summed E-state index contributed by atoms with van der Waals surface area (Å²) in [5, 5.41) is 9.47. The van der Waals surface area contributed by atoms with Gasteiger partial charge in [0.1, 0.15) is 5.82 Å². The van der Waals surface area contributed by atoms with Crippen LogP contribution in [0.15, 0.2) is 24.3 Å². The number of fused-ring (bicyclic) bond motifs is 1. The van der Waals surface area contributed by atoms with Gasteiger partial charge in [-0.05, 0) is 126 Å². The molecule has 0 aliphatic carbocycles. The van der Waals surface area contributed by atoms with Crippen LogP contribution in [-0.4, -0.2) is 86.1 Å². The Labute approximate surface area is 283 Å². The summed E-state index contributed by atoms with van der Waals surface area (Å²) in [6, 6.07) is 8.48. The number of benzene rings is 2. The molecule has 4 aliphatic rings. The fourth-order valence-electron chi connectivity index (χ4n) is 7.20. The molecule has 5 heterocycles. The molecule has 3 N–H and O–H groups in total. The third-order valence-electron chi connectivity index (χ3n) is 10.3. The number of ether oxygens (including phenoxy) is 2. The highest BCUT2D eigenvalue weighted by molar-refractivity contribution is 5.84. The largest absolute Gasteiger partial charge is 0.379 e. The molecule has 0 radical (unpaired) electrons. The highest BCUT2D eigenvalue weighted by atomic mass is 19.1. The third kappa shape index (κ3) is 7.84. The summed E-state index contributed by atoms with van der Waals surface area (Å²) in [4.78, 5) is 31.8. The van der Waals surface area contributed by atoms with E-state index in [1.165, 1.54) is 11.1 Å². The monoisotopic (exact) mass is 662 g/mol. The number of carbonyl (C=O) groups excluding carboxylic acids is 2. The fourth-order valence-corrected chi connectivity index (χ4v) is 7.20. The molecule has 0 spiro atoms. The maximum Gasteiger partial charge on any atom is 0.223 e. The summed E-state index contributed by atoms with van der Waals surface area (Å²) in [6.45, 7) is 14.1. The first-order valence-electron chi connectivity index (χ1n) is 17.7. The van der Waals surface area contributed by atoms with Gasteiger partial charge in [0.15, 0.2) is 0 Å². The number of anilines is 1. The number of halogens is 1. The zero-order valence-electron chi connectivity index (χ0n) is 28.9. The molecule has 4 aliphatic heterocycles. The van der Waals surface area contributed by atoms with Crippen LogP contribution in [0.25, 0.3) is 16.7 Å². The second kappa shape index (κ2) is 15.3. The second-order valence-corrected chi connectivity index (χ2v) is 14.0. The molecule has 2 aromatic carbocycles. The Kier molecular flexibility index (Phi) is 11.0. The van der Waals surface area contributed by atoms with Crippen LogP contribution in [0.2, 0.25) is 0 Å². The number of piperidine rings is 2. The predicted octanol–water partition coefficient (Wildman–Crippen LogP) is 4.41. The molecule has 10 nitrogen and oxygen atoms in total. The zero-order valence-corrected chi connectivity index (χ0v) is 28.9. The molecule has 7 rings (SSSR count). The van der Waals surface area contributed by atoms with E-state index in [-0.39, 0.29) is 41.6 Å². The number of aromatic nitrogens is 2. The Balaban J connectivity index is 0.000000239. The van der Waals surface area contributed by atoms with Gasteiger partial charge in [0.05, 0.1) is 36.3 Å². The highest BCUT2D eigenvalue weighted by Crippen LogP contribution is 2.33. The fraction of sp³-hybridized carbons (Fsp3) is 0.595. The van der Waals surface area contributed by atoms with E-state index >= 15 is 0 Å². The van der Waals surface area contributed by atoms with Crippen LogP contribution >= 0.6 is 0 Å². The Morgan fingerprint density at radius 1 is 0.771 bits per heavy atom. The van der Waals surface area contributed by atoms with Crippen molar-refractivity contribution in [1.29, 1.82) is 0 Å². The summed E-state index contributed by atoms with van der Waals surface area (Å²) in [7, 11) is 0. The van der Waals surface area contributed by atoms with E-state index in [4.69, 9.17) is 14.5 Å². The highest BCUT2D eigenvalue weighted by Gasteiger charge is 2.30. The molecular weight excluding hydrogens is 611 g/mol. The standard InChI is InChI=1S/C27H33FN4O2.C10H18N2O2/c1-16-13-23-24(14-17(16)2)32(22-11-18(3)25(28)19(4)12-22)27(30-23)31-8-5-20(6-9-31)26(33)29-21-7-10-34-15-21;13-10(8-1-4-11-5-2-8)12-9-3-6-14-7-9/h11-14,20-21H,5-10,15H2,1-4H3,(H,29,33);8-9,11H,1-7H2,(H,12,13)/t21-;/m1./s1. The van der Waals surface area contributed by atoms with Gasteiger partial charge >= 0.3 is 0 Å². The summed E-state index contributed by atoms with van der Waals surface area (Å²) >= 11 is 0. The van der Waals surface area contributed by atoms with E-state index in [0.29, 0.717) is 24.3 Å². The summed E-state index contributed by atoms with van der Waals surface area (Å²) in [5.74, 6) is 1.28. The SMILES string of the molecule is Cc1cc2nc(N3CCC(C(=O)N[C@@H]4CCOC4)CC3)n(-c3cc(C)c(F)c(C)c3)c2cc1C.O=C(NC1CCOC1)C1CCNCC1. The van der Waals surface area contributed by atoms with Crippen molar-refractivity contribution in [3.63, 3.8) is 0 Å². The minimum absolute atomic E-state index is 0.00878. The zero-order chi connectivity index (χ0) is 33.8. The van der Waals surface area contributed by atoms with Gasteiger partial charge < -0.3 is 30.3 Å². The first-order valence-corrected chi connectivity index (χ1v) is 17.7. The Bertz CT molecular complexity index is 1580. The molecular formula is C37H51FN6O4. The quantitative estimate of drug-likeness (QED) is 0.359. The number of nitrogens with zero attached hydrogens (tertiary/aromatic N) is 3. The van der Waals surface area contributed by atoms with Gasteiger partial charge in [-0.3, -0.25) is 14.2 Å². The van der Waals surface area contributed by atoms with Crippen molar-refractivity contribution in [3.05, 3.63) is 52.3 Å². The van der Waals surface area contributed by atoms with Crippen LogP contribution in [0.4, 0.5) is 10.3 Å². The van der Waals surface area contributed by atoms with Crippen LogP contribution < -0.4 is 20.9 Å². The lowest BCUT2D eigenvalue weighted by Gasteiger charge is -2.33. The van der Waals surface area contributed by atoms with E-state index < -0.39 is 0 Å². The maximum atomic E-state index is 14.4. The molecule has 1 unspecified atom stereocenters. The van der Waals surface area contributed by atoms with Crippen molar-refractivity contribution >= 4 is 28.8 Å². The number of carbonyl (C=O) groups is 2. The summed E-state index contributed by atoms with van der Waals surface area (Å²) in [5.41, 5.74) is 6.50. The van der Waals surface area contributed by atoms with E-state index in [1.807, 2.05) is 12.1 Å². The number of hydrogen-bond donors (Lipinski definition) is 3. The predicted molar refractivity (Wildman–Crippen MR) is 185 cm³/mol. The van der Waals surface area contributed by atoms with Gasteiger partial charge in [0.25, 0.3) is 0 Å². The Hall–Kier alpha value is -3.54. The first kappa shape index (κ1) is 34.3. The van der Waals surface area contributed by atoms with Crippen molar-refractivity contribution in [1.82, 2.24) is 25.5 Å². The number of rotatable bonds is 6. The average Bonchev–Trinajstić information content (AvgIpc) is 3.87. The number of nitrogens with one attached hydrogen (secondary N) is 3. The van der Waals surface area contributed by atoms with E-state index in [1.54, 1.807) is 13.8 Å². The summed E-state index contributed by atoms with van der Waals surface area (Å²) < 4.78 is 27.2. The Morgan fingerprint density at radius 3 is 1.85 bits per heavy atom. The van der Waals surface area contributed by atoms with Gasteiger partial charge in [0, 0.05) is 43.8 Å². The third-order valence-corrected chi connectivity index (χ3v) is 10.3.